The van der Waals surface area contributed by atoms with Crippen molar-refractivity contribution in [3.63, 3.8) is 0 Å². The lowest BCUT2D eigenvalue weighted by molar-refractivity contribution is 0.373. The third-order valence-corrected chi connectivity index (χ3v) is 5.99. The van der Waals surface area contributed by atoms with Crippen LogP contribution >= 0.6 is 0 Å². The molecular weight excluding hydrogens is 444 g/mol. The van der Waals surface area contributed by atoms with Crippen molar-refractivity contribution in [2.45, 2.75) is 5.92 Å². The summed E-state index contributed by atoms with van der Waals surface area (Å²) in [6.07, 6.45) is 0. The van der Waals surface area contributed by atoms with E-state index in [2.05, 4.69) is 10.6 Å². The van der Waals surface area contributed by atoms with E-state index in [9.17, 15) is 24.3 Å². The molecule has 2 heterocycles. The Hall–Kier alpha value is -4.22. The van der Waals surface area contributed by atoms with Gasteiger partial charge in [0.2, 0.25) is 0 Å². The van der Waals surface area contributed by atoms with Crippen LogP contribution in [-0.4, -0.2) is 44.6 Å². The smallest absolute Gasteiger partial charge is 0.332 e. The number of nitrogens with zero attached hydrogens (tertiary/aromatic N) is 4. The van der Waals surface area contributed by atoms with Gasteiger partial charge in [-0.3, -0.25) is 27.9 Å². The van der Waals surface area contributed by atoms with Crippen molar-refractivity contribution in [3.05, 3.63) is 76.6 Å². The Morgan fingerprint density at radius 2 is 1.24 bits per heavy atom. The van der Waals surface area contributed by atoms with Crippen LogP contribution in [0, 0.1) is 0 Å². The second-order valence-corrected chi connectivity index (χ2v) is 7.80. The zero-order chi connectivity index (χ0) is 25.5. The maximum absolute atomic E-state index is 13.5. The second-order valence-electron chi connectivity index (χ2n) is 7.80. The van der Waals surface area contributed by atoms with Gasteiger partial charge in [0.25, 0.3) is 11.1 Å². The molecule has 2 aromatic heterocycles. The van der Waals surface area contributed by atoms with Gasteiger partial charge < -0.3 is 20.5 Å². The van der Waals surface area contributed by atoms with Crippen molar-refractivity contribution in [1.29, 1.82) is 0 Å². The lowest BCUT2D eigenvalue weighted by Crippen LogP contribution is -2.44. The monoisotopic (exact) mass is 472 g/mol. The predicted octanol–water partition coefficient (Wildman–Crippen LogP) is -0.541. The number of hydrogen-bond donors (Lipinski definition) is 3. The third kappa shape index (κ3) is 3.56. The molecule has 0 saturated carbocycles. The molecule has 1 aromatic carbocycles. The molecule has 0 aliphatic carbocycles. The molecule has 34 heavy (non-hydrogen) atoms. The molecule has 0 aliphatic rings. The zero-order valence-electron chi connectivity index (χ0n) is 20.1. The molecule has 0 spiro atoms. The van der Waals surface area contributed by atoms with E-state index < -0.39 is 28.4 Å². The van der Waals surface area contributed by atoms with E-state index in [4.69, 9.17) is 4.74 Å². The second kappa shape index (κ2) is 8.96. The molecule has 0 fully saturated rings. The van der Waals surface area contributed by atoms with Crippen molar-refractivity contribution in [2.75, 3.05) is 31.8 Å². The number of ether oxygens (including phenoxy) is 1. The lowest BCUT2D eigenvalue weighted by Gasteiger charge is -2.25. The fourth-order valence-electron chi connectivity index (χ4n) is 4.23. The summed E-state index contributed by atoms with van der Waals surface area (Å²) >= 11 is 0. The number of phenolic OH excluding ortho intramolecular Hbond substituents is 1. The summed E-state index contributed by atoms with van der Waals surface area (Å²) in [6.45, 7) is 0. The van der Waals surface area contributed by atoms with Crippen molar-refractivity contribution in [3.8, 4) is 11.5 Å². The number of hydrogen-bond acceptors (Lipinski definition) is 8. The topological polar surface area (TPSA) is 142 Å². The summed E-state index contributed by atoms with van der Waals surface area (Å²) < 4.78 is 9.55. The molecule has 0 amide bonds. The molecule has 0 unspecified atom stereocenters. The van der Waals surface area contributed by atoms with E-state index in [1.165, 1.54) is 56.6 Å². The third-order valence-electron chi connectivity index (χ3n) is 5.99. The van der Waals surface area contributed by atoms with E-state index >= 15 is 0 Å². The minimum Gasteiger partial charge on any atom is -0.504 e. The molecule has 0 saturated heterocycles. The number of aromatic hydroxyl groups is 1. The molecule has 0 atom stereocenters. The highest BCUT2D eigenvalue weighted by atomic mass is 16.5. The largest absolute Gasteiger partial charge is 0.504 e. The molecule has 0 radical (unpaired) electrons. The van der Waals surface area contributed by atoms with E-state index in [1.807, 2.05) is 0 Å². The highest BCUT2D eigenvalue weighted by Gasteiger charge is 2.33. The van der Waals surface area contributed by atoms with Crippen molar-refractivity contribution < 1.29 is 9.84 Å². The van der Waals surface area contributed by atoms with Gasteiger partial charge in [0.15, 0.2) is 11.5 Å². The number of rotatable bonds is 6. The lowest BCUT2D eigenvalue weighted by atomic mass is 9.85. The van der Waals surface area contributed by atoms with Gasteiger partial charge in [-0.15, -0.1) is 0 Å². The Labute approximate surface area is 194 Å². The maximum atomic E-state index is 13.5. The highest BCUT2D eigenvalue weighted by molar-refractivity contribution is 5.60. The van der Waals surface area contributed by atoms with Gasteiger partial charge in [0.05, 0.1) is 24.2 Å². The van der Waals surface area contributed by atoms with E-state index in [0.29, 0.717) is 5.56 Å². The number of phenols is 1. The quantitative estimate of drug-likeness (QED) is 0.434. The minimum atomic E-state index is -1.07. The van der Waals surface area contributed by atoms with E-state index in [-0.39, 0.29) is 34.3 Å². The van der Waals surface area contributed by atoms with Crippen LogP contribution in [0.15, 0.2) is 37.4 Å². The average Bonchev–Trinajstić information content (AvgIpc) is 2.83. The number of aromatic nitrogens is 4. The molecule has 3 aromatic rings. The first kappa shape index (κ1) is 24.4. The summed E-state index contributed by atoms with van der Waals surface area (Å²) in [6, 6.07) is 4.50. The summed E-state index contributed by atoms with van der Waals surface area (Å²) in [4.78, 5) is 52.2. The number of methoxy groups -OCH3 is 1. The average molecular weight is 473 g/mol. The minimum absolute atomic E-state index is 0.0870. The first-order valence-corrected chi connectivity index (χ1v) is 10.3. The molecular formula is C22H28N6O6. The van der Waals surface area contributed by atoms with Gasteiger partial charge in [-0.05, 0) is 17.7 Å². The SMILES string of the molecule is CNc1c(C(c2ccc(OC)c(O)c2)c2c(NC)n(C)c(=O)n(C)c2=O)c(=O)n(C)c(=O)n1C. The number of anilines is 2. The van der Waals surface area contributed by atoms with Crippen LogP contribution in [0.5, 0.6) is 11.5 Å². The Morgan fingerprint density at radius 3 is 1.59 bits per heavy atom. The van der Waals surface area contributed by atoms with Crippen LogP contribution < -0.4 is 37.9 Å². The molecule has 0 aliphatic heterocycles. The van der Waals surface area contributed by atoms with Crippen molar-refractivity contribution in [2.24, 2.45) is 28.2 Å². The predicted molar refractivity (Wildman–Crippen MR) is 129 cm³/mol. The Bertz CT molecular complexity index is 1420. The van der Waals surface area contributed by atoms with Gasteiger partial charge in [0.1, 0.15) is 11.6 Å². The molecule has 182 valence electrons. The fraction of sp³-hybridized carbons (Fsp3) is 0.364. The number of nitrogens with one attached hydrogen (secondary N) is 2. The molecule has 0 bridgehead atoms. The standard InChI is InChI=1S/C22H28N6O6/c1-23-17-15(19(30)27(5)21(32)25(17)3)14(11-8-9-13(34-7)12(29)10-11)16-18(24-2)26(4)22(33)28(6)20(16)31/h8-10,14,23-24,29H,1-7H3. The van der Waals surface area contributed by atoms with Crippen LogP contribution in [0.3, 0.4) is 0 Å². The van der Waals surface area contributed by atoms with Crippen LogP contribution in [0.4, 0.5) is 11.6 Å². The summed E-state index contributed by atoms with van der Waals surface area (Å²) in [5.41, 5.74) is -1.84. The van der Waals surface area contributed by atoms with E-state index in [1.54, 1.807) is 20.2 Å². The Balaban J connectivity index is 2.63. The molecule has 12 nitrogen and oxygen atoms in total. The van der Waals surface area contributed by atoms with Crippen molar-refractivity contribution in [1.82, 2.24) is 18.3 Å². The van der Waals surface area contributed by atoms with Gasteiger partial charge in [0, 0.05) is 42.3 Å². The van der Waals surface area contributed by atoms with Crippen LogP contribution in [0.1, 0.15) is 22.6 Å². The molecule has 3 rings (SSSR count). The van der Waals surface area contributed by atoms with Gasteiger partial charge in [-0.25, -0.2) is 9.59 Å². The first-order valence-electron chi connectivity index (χ1n) is 10.3. The highest BCUT2D eigenvalue weighted by Crippen LogP contribution is 2.38. The Morgan fingerprint density at radius 1 is 0.794 bits per heavy atom. The maximum Gasteiger partial charge on any atom is 0.332 e. The normalized spacial score (nSPS) is 11.1. The first-order chi connectivity index (χ1) is 16.0. The summed E-state index contributed by atoms with van der Waals surface area (Å²) in [5, 5.41) is 16.3. The summed E-state index contributed by atoms with van der Waals surface area (Å²) in [7, 11) is 10.2. The van der Waals surface area contributed by atoms with Crippen LogP contribution in [0.2, 0.25) is 0 Å². The Kier molecular flexibility index (Phi) is 6.44. The fourth-order valence-corrected chi connectivity index (χ4v) is 4.23. The summed E-state index contributed by atoms with van der Waals surface area (Å²) in [5.74, 6) is -0.701. The van der Waals surface area contributed by atoms with Gasteiger partial charge in [-0.2, -0.15) is 0 Å². The van der Waals surface area contributed by atoms with Gasteiger partial charge in [-0.1, -0.05) is 6.07 Å². The van der Waals surface area contributed by atoms with Crippen LogP contribution in [0.25, 0.3) is 0 Å². The van der Waals surface area contributed by atoms with E-state index in [0.717, 1.165) is 9.13 Å². The number of benzene rings is 1. The zero-order valence-corrected chi connectivity index (χ0v) is 20.1. The molecule has 12 heteroatoms. The van der Waals surface area contributed by atoms with Crippen LogP contribution in [-0.2, 0) is 28.2 Å². The van der Waals surface area contributed by atoms with Gasteiger partial charge >= 0.3 is 11.4 Å². The van der Waals surface area contributed by atoms with Crippen molar-refractivity contribution >= 4 is 11.6 Å². The molecule has 3 N–H and O–H groups in total.